The Hall–Kier alpha value is -2.31. The molecule has 209 valence electrons. The van der Waals surface area contributed by atoms with E-state index in [-0.39, 0.29) is 6.61 Å². The van der Waals surface area contributed by atoms with Crippen LogP contribution in [0.2, 0.25) is 0 Å². The van der Waals surface area contributed by atoms with E-state index < -0.39 is 14.8 Å². The van der Waals surface area contributed by atoms with Gasteiger partial charge in [-0.2, -0.15) is 0 Å². The van der Waals surface area contributed by atoms with Crippen LogP contribution in [0.25, 0.3) is 22.1 Å². The van der Waals surface area contributed by atoms with Gasteiger partial charge < -0.3 is 14.2 Å². The Balaban J connectivity index is 0.000000165. The summed E-state index contributed by atoms with van der Waals surface area (Å²) in [5.74, 6) is 0. The van der Waals surface area contributed by atoms with Gasteiger partial charge >= 0.3 is 22.5 Å². The molecule has 0 radical (unpaired) electrons. The van der Waals surface area contributed by atoms with Crippen LogP contribution in [0.1, 0.15) is 79.6 Å². The van der Waals surface area contributed by atoms with Gasteiger partial charge in [0.2, 0.25) is 0 Å². The Bertz CT molecular complexity index is 1460. The predicted molar refractivity (Wildman–Crippen MR) is 146 cm³/mol. The van der Waals surface area contributed by atoms with Crippen molar-refractivity contribution in [2.45, 2.75) is 80.4 Å². The number of aldehydes is 1. The first-order valence-electron chi connectivity index (χ1n) is 12.9. The quantitative estimate of drug-likeness (QED) is 0.127. The van der Waals surface area contributed by atoms with Crippen molar-refractivity contribution in [2.75, 3.05) is 12.5 Å². The topological polar surface area (TPSA) is 133 Å². The average molecular weight is 612 g/mol. The molecule has 0 atom stereocenters. The molecule has 13 heteroatoms. The number of nitrogens with zero attached hydrogens (tertiary/aromatic N) is 6. The molecule has 6 rings (SSSR count). The van der Waals surface area contributed by atoms with Gasteiger partial charge in [0.05, 0.1) is 12.3 Å². The van der Waals surface area contributed by atoms with Crippen molar-refractivity contribution in [1.82, 2.24) is 29.1 Å². The Morgan fingerprint density at radius 2 is 1.33 bits per heavy atom. The number of carbonyl (C=O) groups is 1. The van der Waals surface area contributed by atoms with Crippen molar-refractivity contribution in [1.29, 1.82) is 0 Å². The zero-order valence-electron chi connectivity index (χ0n) is 22.0. The maximum absolute atomic E-state index is 11.2. The molecule has 2 fully saturated rings. The SMILES string of the molecule is CSc1ncc2cc(C=O)n(C3CCCC3)c2n1.CSc1ncc2cc(CO)n(C3CCCC3)c2n1.[O]=[Mn]=[O]. The maximum atomic E-state index is 11.2. The number of thioether (sulfide) groups is 2. The monoisotopic (exact) mass is 611 g/mol. The van der Waals surface area contributed by atoms with E-state index in [1.54, 1.807) is 11.8 Å². The number of aromatic nitrogens is 6. The van der Waals surface area contributed by atoms with Gasteiger partial charge in [0.25, 0.3) is 0 Å². The molecule has 2 saturated carbocycles. The molecule has 4 heterocycles. The molecule has 0 aliphatic heterocycles. The normalized spacial score (nSPS) is 15.7. The summed E-state index contributed by atoms with van der Waals surface area (Å²) in [6, 6.07) is 4.82. The molecule has 4 aromatic heterocycles. The third kappa shape index (κ3) is 6.71. The van der Waals surface area contributed by atoms with Gasteiger partial charge in [-0.15, -0.1) is 0 Å². The molecule has 2 aliphatic carbocycles. The Labute approximate surface area is 241 Å². The van der Waals surface area contributed by atoms with Gasteiger partial charge in [0.1, 0.15) is 11.3 Å². The predicted octanol–water partition coefficient (Wildman–Crippen LogP) is 5.60. The summed E-state index contributed by atoms with van der Waals surface area (Å²) in [6.45, 7) is 0.0709. The van der Waals surface area contributed by atoms with E-state index in [0.29, 0.717) is 12.1 Å². The fourth-order valence-corrected chi connectivity index (χ4v) is 6.26. The number of rotatable bonds is 6. The summed E-state index contributed by atoms with van der Waals surface area (Å²) >= 11 is 1.64. The second-order valence-corrected chi connectivity index (χ2v) is 11.2. The first-order chi connectivity index (χ1) is 19.1. The number of aliphatic hydroxyl groups is 1. The summed E-state index contributed by atoms with van der Waals surface area (Å²) in [6.07, 6.45) is 18.2. The Morgan fingerprint density at radius 3 is 1.79 bits per heavy atom. The van der Waals surface area contributed by atoms with Crippen LogP contribution in [0.15, 0.2) is 34.8 Å². The van der Waals surface area contributed by atoms with E-state index in [9.17, 15) is 9.90 Å². The third-order valence-corrected chi connectivity index (χ3v) is 8.37. The number of aliphatic hydroxyl groups excluding tert-OH is 1. The van der Waals surface area contributed by atoms with E-state index in [1.165, 1.54) is 50.3 Å². The molecule has 0 unspecified atom stereocenters. The summed E-state index contributed by atoms with van der Waals surface area (Å²) in [5.41, 5.74) is 3.57. The van der Waals surface area contributed by atoms with Crippen molar-refractivity contribution in [3.63, 3.8) is 0 Å². The van der Waals surface area contributed by atoms with Crippen LogP contribution in [0, 0.1) is 0 Å². The van der Waals surface area contributed by atoms with Gasteiger partial charge in [-0.3, -0.25) is 4.79 Å². The second-order valence-electron chi connectivity index (χ2n) is 9.43. The second kappa shape index (κ2) is 14.4. The standard InChI is InChI=1S/C13H17N3OS.C13H15N3OS.Mn.2O/c2*1-18-13-14-7-9-6-11(8-17)16(12(9)15-13)10-4-2-3-5-10;;;/h6-7,10,17H,2-5,8H2,1H3;6-8,10H,2-5H2,1H3;;;. The van der Waals surface area contributed by atoms with Crippen molar-refractivity contribution >= 4 is 51.9 Å². The molecule has 39 heavy (non-hydrogen) atoms. The number of hydrogen-bond acceptors (Lipinski definition) is 10. The Kier molecular flexibility index (Phi) is 10.9. The van der Waals surface area contributed by atoms with Crippen LogP contribution in [-0.4, -0.2) is 53.0 Å². The number of fused-ring (bicyclic) bond motifs is 2. The summed E-state index contributed by atoms with van der Waals surface area (Å²) in [4.78, 5) is 29.0. The molecule has 0 spiro atoms. The van der Waals surface area contributed by atoms with Crippen LogP contribution >= 0.6 is 23.5 Å². The molecule has 0 bridgehead atoms. The van der Waals surface area contributed by atoms with Crippen LogP contribution in [0.4, 0.5) is 0 Å². The van der Waals surface area contributed by atoms with Crippen molar-refractivity contribution < 1.29 is 32.4 Å². The summed E-state index contributed by atoms with van der Waals surface area (Å²) in [7, 11) is 0. The van der Waals surface area contributed by atoms with Gasteiger partial charge in [-0.05, 0) is 50.3 Å². The summed E-state index contributed by atoms with van der Waals surface area (Å²) in [5, 5.41) is 13.1. The van der Waals surface area contributed by atoms with Gasteiger partial charge in [-0.1, -0.05) is 49.2 Å². The first-order valence-corrected chi connectivity index (χ1v) is 16.3. The fourth-order valence-electron chi connectivity index (χ4n) is 5.58. The average Bonchev–Trinajstić information content (AvgIpc) is 3.77. The zero-order chi connectivity index (χ0) is 27.8. The minimum atomic E-state index is -1.44. The molecule has 1 N–H and O–H groups in total. The molecule has 10 nitrogen and oxygen atoms in total. The Morgan fingerprint density at radius 1 is 0.872 bits per heavy atom. The molecule has 0 saturated heterocycles. The van der Waals surface area contributed by atoms with Gasteiger partial charge in [0, 0.05) is 40.9 Å². The van der Waals surface area contributed by atoms with E-state index in [2.05, 4.69) is 29.1 Å². The third-order valence-electron chi connectivity index (χ3n) is 7.24. The minimum absolute atomic E-state index is 0.0709. The van der Waals surface area contributed by atoms with Crippen molar-refractivity contribution in [3.05, 3.63) is 35.9 Å². The molecular weight excluding hydrogens is 579 g/mol. The van der Waals surface area contributed by atoms with Crippen molar-refractivity contribution in [2.24, 2.45) is 0 Å². The van der Waals surface area contributed by atoms with Crippen LogP contribution in [0.5, 0.6) is 0 Å². The van der Waals surface area contributed by atoms with Gasteiger partial charge in [-0.25, -0.2) is 19.9 Å². The molecular formula is C26H32MnN6O4S2. The first kappa shape index (κ1) is 29.7. The molecule has 2 aliphatic rings. The number of carbonyl (C=O) groups excluding carboxylic acids is 1. The van der Waals surface area contributed by atoms with Gasteiger partial charge in [0.15, 0.2) is 16.6 Å². The van der Waals surface area contributed by atoms with E-state index >= 15 is 0 Å². The molecule has 0 amide bonds. The number of hydrogen-bond donors (Lipinski definition) is 1. The van der Waals surface area contributed by atoms with Crippen LogP contribution < -0.4 is 0 Å². The van der Waals surface area contributed by atoms with E-state index in [4.69, 9.17) is 7.67 Å². The van der Waals surface area contributed by atoms with Crippen LogP contribution in [-0.2, 0) is 29.1 Å². The summed E-state index contributed by atoms with van der Waals surface area (Å²) < 4.78 is 21.1. The van der Waals surface area contributed by atoms with Crippen LogP contribution in [0.3, 0.4) is 0 Å². The van der Waals surface area contributed by atoms with E-state index in [0.717, 1.165) is 62.9 Å². The van der Waals surface area contributed by atoms with Crippen molar-refractivity contribution in [3.8, 4) is 0 Å². The molecule has 4 aromatic rings. The zero-order valence-corrected chi connectivity index (χ0v) is 24.8. The van der Waals surface area contributed by atoms with E-state index in [1.807, 2.05) is 37.0 Å². The fraction of sp³-hybridized carbons (Fsp3) is 0.500. The molecule has 0 aromatic carbocycles.